The average Bonchev–Trinajstić information content (AvgIpc) is 2.22. The fraction of sp³-hybridized carbons (Fsp3) is 0.600. The van der Waals surface area contributed by atoms with E-state index in [9.17, 15) is 0 Å². The quantitative estimate of drug-likeness (QED) is 0.614. The van der Waals surface area contributed by atoms with E-state index in [1.165, 1.54) is 0 Å². The highest BCUT2D eigenvalue weighted by atomic mass is 79.9. The molecule has 2 N–H and O–H groups in total. The Balaban J connectivity index is 2.21. The Morgan fingerprint density at radius 2 is 2.12 bits per heavy atom. The number of nitrogens with two attached hydrogens (primary N) is 1. The first-order valence-electron chi connectivity index (χ1n) is 5.23. The third kappa shape index (κ3) is 5.27. The van der Waals surface area contributed by atoms with Gasteiger partial charge in [-0.3, -0.25) is 0 Å². The summed E-state index contributed by atoms with van der Waals surface area (Å²) in [6, 6.07) is 1.89. The summed E-state index contributed by atoms with van der Waals surface area (Å²) in [5.41, 5.74) is 5.54. The summed E-state index contributed by atoms with van der Waals surface area (Å²) in [5, 5.41) is 0. The van der Waals surface area contributed by atoms with E-state index in [1.54, 1.807) is 6.07 Å². The second-order valence-corrected chi connectivity index (χ2v) is 4.02. The molecule has 90 valence electrons. The molecule has 1 aromatic heterocycles. The number of aromatic nitrogens is 2. The molecule has 0 saturated carbocycles. The zero-order valence-corrected chi connectivity index (χ0v) is 10.9. The van der Waals surface area contributed by atoms with Crippen molar-refractivity contribution in [3.63, 3.8) is 0 Å². The van der Waals surface area contributed by atoms with Crippen LogP contribution in [0.4, 0.5) is 5.82 Å². The number of nitrogens with zero attached hydrogens (tertiary/aromatic N) is 2. The lowest BCUT2D eigenvalue weighted by molar-refractivity contribution is 0.0947. The normalized spacial score (nSPS) is 10.4. The molecule has 0 atom stereocenters. The number of halogens is 1. The van der Waals surface area contributed by atoms with Crippen LogP contribution < -0.4 is 10.5 Å². The molecule has 1 aromatic rings. The Morgan fingerprint density at radius 1 is 1.31 bits per heavy atom. The van der Waals surface area contributed by atoms with Crippen molar-refractivity contribution in [1.82, 2.24) is 9.97 Å². The van der Waals surface area contributed by atoms with Crippen LogP contribution in [0.3, 0.4) is 0 Å². The molecule has 16 heavy (non-hydrogen) atoms. The molecule has 0 fully saturated rings. The zero-order valence-electron chi connectivity index (χ0n) is 9.28. The first kappa shape index (κ1) is 13.2. The van der Waals surface area contributed by atoms with Gasteiger partial charge in [-0.1, -0.05) is 13.3 Å². The van der Waals surface area contributed by atoms with Crippen molar-refractivity contribution in [2.75, 3.05) is 25.6 Å². The highest BCUT2D eigenvalue weighted by Crippen LogP contribution is 2.13. The summed E-state index contributed by atoms with van der Waals surface area (Å²) in [6.45, 7) is 3.86. The van der Waals surface area contributed by atoms with E-state index >= 15 is 0 Å². The van der Waals surface area contributed by atoms with Gasteiger partial charge < -0.3 is 15.2 Å². The van der Waals surface area contributed by atoms with Crippen LogP contribution >= 0.6 is 15.9 Å². The van der Waals surface area contributed by atoms with Crippen molar-refractivity contribution < 1.29 is 9.47 Å². The van der Waals surface area contributed by atoms with Crippen LogP contribution in [0, 0.1) is 0 Å². The van der Waals surface area contributed by atoms with Gasteiger partial charge in [0.2, 0.25) is 0 Å². The van der Waals surface area contributed by atoms with Gasteiger partial charge in [0.1, 0.15) is 17.0 Å². The molecule has 0 aliphatic carbocycles. The second kappa shape index (κ2) is 7.40. The predicted octanol–water partition coefficient (Wildman–Crippen LogP) is 2.02. The SMILES string of the molecule is CCCCOCCOc1nc(N)cc(Br)n1. The molecule has 1 heterocycles. The molecule has 0 aliphatic heterocycles. The molecule has 0 bridgehead atoms. The van der Waals surface area contributed by atoms with Gasteiger partial charge in [-0.05, 0) is 22.4 Å². The first-order chi connectivity index (χ1) is 7.72. The highest BCUT2D eigenvalue weighted by Gasteiger charge is 2.01. The molecular weight excluding hydrogens is 274 g/mol. The van der Waals surface area contributed by atoms with E-state index in [1.807, 2.05) is 0 Å². The molecule has 0 aliphatic rings. The standard InChI is InChI=1S/C10H16BrN3O2/c1-2-3-4-15-5-6-16-10-13-8(11)7-9(12)14-10/h7H,2-6H2,1H3,(H2,12,13,14). The van der Waals surface area contributed by atoms with Gasteiger partial charge in [0.05, 0.1) is 6.61 Å². The van der Waals surface area contributed by atoms with E-state index in [2.05, 4.69) is 32.8 Å². The van der Waals surface area contributed by atoms with Crippen molar-refractivity contribution in [3.05, 3.63) is 10.7 Å². The maximum Gasteiger partial charge on any atom is 0.319 e. The molecule has 0 spiro atoms. The number of nitrogen functional groups attached to an aromatic ring is 1. The minimum atomic E-state index is 0.269. The number of ether oxygens (including phenoxy) is 2. The van der Waals surface area contributed by atoms with E-state index < -0.39 is 0 Å². The van der Waals surface area contributed by atoms with Crippen LogP contribution in [0.25, 0.3) is 0 Å². The highest BCUT2D eigenvalue weighted by molar-refractivity contribution is 9.10. The smallest absolute Gasteiger partial charge is 0.319 e. The van der Waals surface area contributed by atoms with Crippen molar-refractivity contribution in [2.45, 2.75) is 19.8 Å². The minimum absolute atomic E-state index is 0.269. The van der Waals surface area contributed by atoms with E-state index in [0.717, 1.165) is 19.4 Å². The maximum atomic E-state index is 5.54. The summed E-state index contributed by atoms with van der Waals surface area (Å²) in [5.74, 6) is 0.378. The van der Waals surface area contributed by atoms with Gasteiger partial charge in [0.15, 0.2) is 0 Å². The zero-order chi connectivity index (χ0) is 11.8. The van der Waals surface area contributed by atoms with Crippen molar-refractivity contribution in [2.24, 2.45) is 0 Å². The van der Waals surface area contributed by atoms with Gasteiger partial charge in [0, 0.05) is 12.7 Å². The third-order valence-corrected chi connectivity index (χ3v) is 2.20. The Bertz CT molecular complexity index is 303. The van der Waals surface area contributed by atoms with E-state index in [-0.39, 0.29) is 6.01 Å². The Kier molecular flexibility index (Phi) is 6.10. The van der Waals surface area contributed by atoms with Crippen LogP contribution in [0.2, 0.25) is 0 Å². The van der Waals surface area contributed by atoms with Crippen molar-refractivity contribution in [3.8, 4) is 6.01 Å². The third-order valence-electron chi connectivity index (χ3n) is 1.80. The molecule has 0 amide bonds. The second-order valence-electron chi connectivity index (χ2n) is 3.21. The maximum absolute atomic E-state index is 5.54. The lowest BCUT2D eigenvalue weighted by Crippen LogP contribution is -2.09. The monoisotopic (exact) mass is 289 g/mol. The Morgan fingerprint density at radius 3 is 2.81 bits per heavy atom. The summed E-state index contributed by atoms with van der Waals surface area (Å²) < 4.78 is 11.2. The summed E-state index contributed by atoms with van der Waals surface area (Å²) in [6.07, 6.45) is 2.20. The number of anilines is 1. The fourth-order valence-electron chi connectivity index (χ4n) is 1.02. The van der Waals surface area contributed by atoms with Crippen LogP contribution in [0.15, 0.2) is 10.7 Å². The number of unbranched alkanes of at least 4 members (excludes halogenated alkanes) is 1. The van der Waals surface area contributed by atoms with Crippen LogP contribution in [-0.4, -0.2) is 29.8 Å². The van der Waals surface area contributed by atoms with Crippen molar-refractivity contribution in [1.29, 1.82) is 0 Å². The summed E-state index contributed by atoms with van der Waals surface area (Å²) >= 11 is 3.21. The lowest BCUT2D eigenvalue weighted by atomic mass is 10.4. The average molecular weight is 290 g/mol. The minimum Gasteiger partial charge on any atom is -0.461 e. The molecule has 5 nitrogen and oxygen atoms in total. The topological polar surface area (TPSA) is 70.3 Å². The largest absolute Gasteiger partial charge is 0.461 e. The van der Waals surface area contributed by atoms with Crippen molar-refractivity contribution >= 4 is 21.7 Å². The first-order valence-corrected chi connectivity index (χ1v) is 6.02. The predicted molar refractivity (Wildman–Crippen MR) is 65.4 cm³/mol. The van der Waals surface area contributed by atoms with Gasteiger partial charge in [-0.25, -0.2) is 0 Å². The van der Waals surface area contributed by atoms with E-state index in [0.29, 0.717) is 23.6 Å². The van der Waals surface area contributed by atoms with Crippen LogP contribution in [0.1, 0.15) is 19.8 Å². The number of hydrogen-bond donors (Lipinski definition) is 1. The fourth-order valence-corrected chi connectivity index (χ4v) is 1.40. The number of rotatable bonds is 7. The molecular formula is C10H16BrN3O2. The summed E-state index contributed by atoms with van der Waals surface area (Å²) in [7, 11) is 0. The van der Waals surface area contributed by atoms with Gasteiger partial charge in [-0.2, -0.15) is 9.97 Å². The number of hydrogen-bond acceptors (Lipinski definition) is 5. The molecule has 6 heteroatoms. The van der Waals surface area contributed by atoms with Gasteiger partial charge in [-0.15, -0.1) is 0 Å². The molecule has 0 saturated heterocycles. The molecule has 0 aromatic carbocycles. The van der Waals surface area contributed by atoms with Gasteiger partial charge in [0.25, 0.3) is 0 Å². The molecule has 0 unspecified atom stereocenters. The van der Waals surface area contributed by atoms with E-state index in [4.69, 9.17) is 15.2 Å². The summed E-state index contributed by atoms with van der Waals surface area (Å²) in [4.78, 5) is 7.94. The lowest BCUT2D eigenvalue weighted by Gasteiger charge is -2.05. The molecule has 0 radical (unpaired) electrons. The Labute approximate surface area is 103 Å². The van der Waals surface area contributed by atoms with Crippen LogP contribution in [-0.2, 0) is 4.74 Å². The Hall–Kier alpha value is -0.880. The molecule has 1 rings (SSSR count). The van der Waals surface area contributed by atoms with Crippen LogP contribution in [0.5, 0.6) is 6.01 Å². The van der Waals surface area contributed by atoms with Gasteiger partial charge >= 0.3 is 6.01 Å².